The zero-order valence-corrected chi connectivity index (χ0v) is 15.4. The molecule has 0 saturated heterocycles. The van der Waals surface area contributed by atoms with Gasteiger partial charge in [0, 0.05) is 30.1 Å². The first-order valence-electron chi connectivity index (χ1n) is 8.50. The van der Waals surface area contributed by atoms with Crippen LogP contribution in [0.2, 0.25) is 0 Å². The third-order valence-electron chi connectivity index (χ3n) is 3.99. The van der Waals surface area contributed by atoms with Gasteiger partial charge < -0.3 is 20.5 Å². The molecule has 0 bridgehead atoms. The maximum absolute atomic E-state index is 14.3. The molecule has 3 rings (SSSR count). The Kier molecular flexibility index (Phi) is 5.99. The molecule has 148 valence electrons. The Morgan fingerprint density at radius 1 is 1.25 bits per heavy atom. The van der Waals surface area contributed by atoms with Gasteiger partial charge in [0.15, 0.2) is 11.6 Å². The van der Waals surface area contributed by atoms with Crippen molar-refractivity contribution in [3.63, 3.8) is 0 Å². The van der Waals surface area contributed by atoms with Gasteiger partial charge in [-0.2, -0.15) is 10.1 Å². The fraction of sp³-hybridized carbons (Fsp3) is 0.278. The smallest absolute Gasteiger partial charge is 0.229 e. The molecule has 3 aromatic rings. The van der Waals surface area contributed by atoms with Gasteiger partial charge in [-0.25, -0.2) is 13.8 Å². The molecule has 0 aliphatic heterocycles. The van der Waals surface area contributed by atoms with E-state index in [1.54, 1.807) is 30.2 Å². The Labute approximate surface area is 160 Å². The number of nitrogens with zero attached hydrogens (tertiary/aromatic N) is 4. The predicted octanol–water partition coefficient (Wildman–Crippen LogP) is 2.62. The molecule has 2 heterocycles. The molecule has 0 unspecified atom stereocenters. The molecule has 10 heteroatoms. The summed E-state index contributed by atoms with van der Waals surface area (Å²) >= 11 is 0. The quantitative estimate of drug-likeness (QED) is 0.544. The van der Waals surface area contributed by atoms with Crippen LogP contribution in [0.3, 0.4) is 0 Å². The molecule has 1 aromatic carbocycles. The van der Waals surface area contributed by atoms with Crippen LogP contribution < -0.4 is 15.4 Å². The molecule has 0 aliphatic carbocycles. The highest BCUT2D eigenvalue weighted by atomic mass is 19.1. The van der Waals surface area contributed by atoms with Gasteiger partial charge in [0.25, 0.3) is 0 Å². The third kappa shape index (κ3) is 4.34. The predicted molar refractivity (Wildman–Crippen MR) is 99.6 cm³/mol. The molecular formula is C18H20F2N6O2. The van der Waals surface area contributed by atoms with Crippen LogP contribution in [-0.2, 0) is 13.1 Å². The molecule has 0 spiro atoms. The van der Waals surface area contributed by atoms with E-state index in [-0.39, 0.29) is 24.5 Å². The van der Waals surface area contributed by atoms with Gasteiger partial charge in [-0.3, -0.25) is 4.68 Å². The lowest BCUT2D eigenvalue weighted by molar-refractivity contribution is 0.269. The number of hydrogen-bond acceptors (Lipinski definition) is 7. The number of hydrogen-bond donors (Lipinski definition) is 3. The van der Waals surface area contributed by atoms with E-state index in [0.717, 1.165) is 6.07 Å². The van der Waals surface area contributed by atoms with E-state index >= 15 is 0 Å². The summed E-state index contributed by atoms with van der Waals surface area (Å²) in [6, 6.07) is 2.39. The molecule has 0 fully saturated rings. The van der Waals surface area contributed by atoms with Crippen LogP contribution >= 0.6 is 0 Å². The Hall–Kier alpha value is -3.27. The number of aliphatic hydroxyl groups excluding tert-OH is 1. The number of rotatable bonds is 8. The normalized spacial score (nSPS) is 10.8. The van der Waals surface area contributed by atoms with E-state index in [9.17, 15) is 8.78 Å². The van der Waals surface area contributed by atoms with Gasteiger partial charge in [0.1, 0.15) is 11.6 Å². The first-order chi connectivity index (χ1) is 13.5. The highest BCUT2D eigenvalue weighted by Crippen LogP contribution is 2.24. The monoisotopic (exact) mass is 390 g/mol. The summed E-state index contributed by atoms with van der Waals surface area (Å²) in [6.45, 7) is 2.03. The van der Waals surface area contributed by atoms with Crippen LogP contribution in [-0.4, -0.2) is 38.6 Å². The number of halogens is 2. The molecule has 0 aliphatic rings. The first kappa shape index (κ1) is 19.5. The van der Waals surface area contributed by atoms with Crippen molar-refractivity contribution in [2.24, 2.45) is 0 Å². The van der Waals surface area contributed by atoms with Crippen molar-refractivity contribution in [1.82, 2.24) is 19.7 Å². The van der Waals surface area contributed by atoms with Crippen LogP contribution in [0.5, 0.6) is 5.75 Å². The summed E-state index contributed by atoms with van der Waals surface area (Å²) in [5, 5.41) is 18.9. The van der Waals surface area contributed by atoms with Crippen LogP contribution in [0.4, 0.5) is 26.2 Å². The lowest BCUT2D eigenvalue weighted by atomic mass is 10.1. The number of aromatic nitrogens is 4. The number of aliphatic hydroxyl groups is 1. The zero-order chi connectivity index (χ0) is 20.1. The van der Waals surface area contributed by atoms with Crippen molar-refractivity contribution >= 4 is 17.5 Å². The van der Waals surface area contributed by atoms with Crippen molar-refractivity contribution in [1.29, 1.82) is 0 Å². The standard InChI is InChI=1S/C18H20F2N6O2/c1-11-7-22-18(24-12-8-23-26(10-12)5-6-27)25-17(11)21-9-13-14(19)3-4-15(28-2)16(13)20/h3-4,7-8,10,27H,5-6,9H2,1-2H3,(H2,21,22,24,25). The molecule has 0 radical (unpaired) electrons. The van der Waals surface area contributed by atoms with Gasteiger partial charge in [-0.15, -0.1) is 0 Å². The van der Waals surface area contributed by atoms with Crippen molar-refractivity contribution in [2.45, 2.75) is 20.0 Å². The molecule has 3 N–H and O–H groups in total. The van der Waals surface area contributed by atoms with Gasteiger partial charge in [0.2, 0.25) is 5.95 Å². The summed E-state index contributed by atoms with van der Waals surface area (Å²) in [4.78, 5) is 8.53. The fourth-order valence-electron chi connectivity index (χ4n) is 2.53. The van der Waals surface area contributed by atoms with E-state index in [0.29, 0.717) is 29.6 Å². The van der Waals surface area contributed by atoms with Crippen LogP contribution in [0.15, 0.2) is 30.7 Å². The van der Waals surface area contributed by atoms with Crippen LogP contribution in [0, 0.1) is 18.6 Å². The summed E-state index contributed by atoms with van der Waals surface area (Å²) in [5.41, 5.74) is 1.22. The maximum Gasteiger partial charge on any atom is 0.229 e. The van der Waals surface area contributed by atoms with E-state index in [1.165, 1.54) is 13.2 Å². The SMILES string of the molecule is COc1ccc(F)c(CNc2nc(Nc3cnn(CCO)c3)ncc2C)c1F. The summed E-state index contributed by atoms with van der Waals surface area (Å²) in [7, 11) is 1.32. The lowest BCUT2D eigenvalue weighted by Crippen LogP contribution is -2.09. The number of nitrogens with one attached hydrogen (secondary N) is 2. The minimum atomic E-state index is -0.753. The van der Waals surface area contributed by atoms with Gasteiger partial charge in [-0.1, -0.05) is 0 Å². The molecular weight excluding hydrogens is 370 g/mol. The summed E-state index contributed by atoms with van der Waals surface area (Å²) in [6.07, 6.45) is 4.87. The van der Waals surface area contributed by atoms with Crippen molar-refractivity contribution in [2.75, 3.05) is 24.4 Å². The average Bonchev–Trinajstić information content (AvgIpc) is 3.11. The fourth-order valence-corrected chi connectivity index (χ4v) is 2.53. The zero-order valence-electron chi connectivity index (χ0n) is 15.4. The number of ether oxygens (including phenoxy) is 1. The van der Waals surface area contributed by atoms with E-state index in [1.807, 2.05) is 0 Å². The Morgan fingerprint density at radius 2 is 2.07 bits per heavy atom. The van der Waals surface area contributed by atoms with E-state index in [4.69, 9.17) is 9.84 Å². The average molecular weight is 390 g/mol. The van der Waals surface area contributed by atoms with Gasteiger partial charge in [0.05, 0.1) is 32.1 Å². The Balaban J connectivity index is 1.75. The van der Waals surface area contributed by atoms with Gasteiger partial charge >= 0.3 is 0 Å². The van der Waals surface area contributed by atoms with Crippen molar-refractivity contribution in [3.05, 3.63) is 53.5 Å². The van der Waals surface area contributed by atoms with E-state index in [2.05, 4.69) is 25.7 Å². The molecule has 0 amide bonds. The van der Waals surface area contributed by atoms with Crippen molar-refractivity contribution in [3.8, 4) is 5.75 Å². The second-order valence-electron chi connectivity index (χ2n) is 5.96. The minimum Gasteiger partial charge on any atom is -0.494 e. The minimum absolute atomic E-state index is 0.0202. The molecule has 2 aromatic heterocycles. The molecule has 28 heavy (non-hydrogen) atoms. The molecule has 8 nitrogen and oxygen atoms in total. The molecule has 0 saturated carbocycles. The third-order valence-corrected chi connectivity index (χ3v) is 3.99. The molecule has 0 atom stereocenters. The number of methoxy groups -OCH3 is 1. The maximum atomic E-state index is 14.3. The summed E-state index contributed by atoms with van der Waals surface area (Å²) in [5.74, 6) is -0.728. The first-order valence-corrected chi connectivity index (χ1v) is 8.50. The van der Waals surface area contributed by atoms with E-state index < -0.39 is 11.6 Å². The number of anilines is 3. The second kappa shape index (κ2) is 8.61. The topological polar surface area (TPSA) is 97.1 Å². The van der Waals surface area contributed by atoms with Gasteiger partial charge in [-0.05, 0) is 19.1 Å². The largest absolute Gasteiger partial charge is 0.494 e. The Bertz CT molecular complexity index is 963. The summed E-state index contributed by atoms with van der Waals surface area (Å²) < 4.78 is 34.8. The highest BCUT2D eigenvalue weighted by molar-refractivity contribution is 5.54. The highest BCUT2D eigenvalue weighted by Gasteiger charge is 2.15. The second-order valence-corrected chi connectivity index (χ2v) is 5.96. The van der Waals surface area contributed by atoms with Crippen molar-refractivity contribution < 1.29 is 18.6 Å². The van der Waals surface area contributed by atoms with Crippen LogP contribution in [0.25, 0.3) is 0 Å². The number of aryl methyl sites for hydroxylation is 1. The Morgan fingerprint density at radius 3 is 2.82 bits per heavy atom. The number of benzene rings is 1. The van der Waals surface area contributed by atoms with Crippen LogP contribution in [0.1, 0.15) is 11.1 Å². The lowest BCUT2D eigenvalue weighted by Gasteiger charge is -2.12.